The van der Waals surface area contributed by atoms with Crippen LogP contribution in [-0.2, 0) is 6.54 Å². The molecule has 0 unspecified atom stereocenters. The maximum absolute atomic E-state index is 6.31. The van der Waals surface area contributed by atoms with Crippen LogP contribution >= 0.6 is 11.6 Å². The number of terminal acetylenes is 1. The molecule has 0 aromatic carbocycles. The fourth-order valence-electron chi connectivity index (χ4n) is 1.76. The fraction of sp³-hybridized carbons (Fsp3) is 0.533. The van der Waals surface area contributed by atoms with Gasteiger partial charge < -0.3 is 10.2 Å². The zero-order chi connectivity index (χ0) is 14.3. The molecule has 1 aromatic rings. The lowest BCUT2D eigenvalue weighted by Crippen LogP contribution is -2.26. The molecule has 0 fully saturated rings. The van der Waals surface area contributed by atoms with Gasteiger partial charge in [0.1, 0.15) is 5.82 Å². The second-order valence-corrected chi connectivity index (χ2v) is 5.22. The number of pyridine rings is 1. The molecule has 0 aliphatic carbocycles. The molecule has 4 heteroatoms. The average molecular weight is 280 g/mol. The van der Waals surface area contributed by atoms with Gasteiger partial charge in [0.05, 0.1) is 11.6 Å². The van der Waals surface area contributed by atoms with Gasteiger partial charge in [-0.2, -0.15) is 0 Å². The van der Waals surface area contributed by atoms with Crippen LogP contribution in [0.2, 0.25) is 5.02 Å². The van der Waals surface area contributed by atoms with Crippen LogP contribution in [-0.4, -0.2) is 24.1 Å². The summed E-state index contributed by atoms with van der Waals surface area (Å²) in [5.41, 5.74) is 1.08. The normalized spacial score (nSPS) is 10.5. The highest BCUT2D eigenvalue weighted by Gasteiger charge is 2.11. The topological polar surface area (TPSA) is 28.2 Å². The van der Waals surface area contributed by atoms with E-state index in [1.54, 1.807) is 0 Å². The van der Waals surface area contributed by atoms with Crippen LogP contribution < -0.4 is 10.2 Å². The van der Waals surface area contributed by atoms with E-state index >= 15 is 0 Å². The minimum absolute atomic E-state index is 0.441. The van der Waals surface area contributed by atoms with E-state index in [9.17, 15) is 0 Å². The number of anilines is 1. The second kappa shape index (κ2) is 8.04. The van der Waals surface area contributed by atoms with Gasteiger partial charge in [-0.25, -0.2) is 4.98 Å². The highest BCUT2D eigenvalue weighted by molar-refractivity contribution is 6.33. The lowest BCUT2D eigenvalue weighted by Gasteiger charge is -2.22. The van der Waals surface area contributed by atoms with Crippen molar-refractivity contribution in [2.24, 2.45) is 0 Å². The molecule has 0 amide bonds. The van der Waals surface area contributed by atoms with Crippen molar-refractivity contribution >= 4 is 17.4 Å². The number of halogens is 1. The van der Waals surface area contributed by atoms with Crippen LogP contribution in [0.25, 0.3) is 0 Å². The zero-order valence-electron chi connectivity index (χ0n) is 11.9. The van der Waals surface area contributed by atoms with Gasteiger partial charge in [-0.15, -0.1) is 6.42 Å². The Kier molecular flexibility index (Phi) is 6.69. The van der Waals surface area contributed by atoms with Crippen molar-refractivity contribution in [2.75, 3.05) is 18.0 Å². The fourth-order valence-corrected chi connectivity index (χ4v) is 2.07. The van der Waals surface area contributed by atoms with Gasteiger partial charge in [-0.05, 0) is 18.1 Å². The summed E-state index contributed by atoms with van der Waals surface area (Å²) in [6.45, 7) is 8.50. The molecule has 0 aliphatic rings. The van der Waals surface area contributed by atoms with E-state index in [4.69, 9.17) is 18.0 Å². The molecule has 1 N–H and O–H groups in total. The Balaban J connectivity index is 2.83. The monoisotopic (exact) mass is 279 g/mol. The van der Waals surface area contributed by atoms with Crippen molar-refractivity contribution in [1.29, 1.82) is 0 Å². The summed E-state index contributed by atoms with van der Waals surface area (Å²) in [6, 6.07) is 2.40. The van der Waals surface area contributed by atoms with Gasteiger partial charge in [0, 0.05) is 25.3 Å². The smallest absolute Gasteiger partial charge is 0.148 e. The van der Waals surface area contributed by atoms with Gasteiger partial charge in [-0.1, -0.05) is 38.3 Å². The molecule has 0 bridgehead atoms. The van der Waals surface area contributed by atoms with Crippen molar-refractivity contribution < 1.29 is 0 Å². The summed E-state index contributed by atoms with van der Waals surface area (Å²) in [4.78, 5) is 6.48. The van der Waals surface area contributed by atoms with E-state index in [0.29, 0.717) is 17.6 Å². The minimum atomic E-state index is 0.441. The van der Waals surface area contributed by atoms with Crippen LogP contribution in [0, 0.1) is 12.3 Å². The van der Waals surface area contributed by atoms with Crippen molar-refractivity contribution in [3.05, 3.63) is 22.8 Å². The molecular weight excluding hydrogens is 258 g/mol. The summed E-state index contributed by atoms with van der Waals surface area (Å²) < 4.78 is 0. The van der Waals surface area contributed by atoms with Crippen LogP contribution in [0.4, 0.5) is 5.82 Å². The first-order chi connectivity index (χ1) is 9.08. The number of aromatic nitrogens is 1. The molecule has 0 radical (unpaired) electrons. The highest BCUT2D eigenvalue weighted by atomic mass is 35.5. The molecule has 1 heterocycles. The molecular formula is C15H22ClN3. The first kappa shape index (κ1) is 15.8. The summed E-state index contributed by atoms with van der Waals surface area (Å²) in [5, 5.41) is 4.00. The molecule has 0 aliphatic heterocycles. The maximum atomic E-state index is 6.31. The van der Waals surface area contributed by atoms with Gasteiger partial charge in [0.2, 0.25) is 0 Å². The summed E-state index contributed by atoms with van der Waals surface area (Å²) >= 11 is 6.31. The molecule has 3 nitrogen and oxygen atoms in total. The zero-order valence-corrected chi connectivity index (χ0v) is 12.7. The number of hydrogen-bond acceptors (Lipinski definition) is 3. The van der Waals surface area contributed by atoms with E-state index in [0.717, 1.165) is 30.9 Å². The maximum Gasteiger partial charge on any atom is 0.148 e. The summed E-state index contributed by atoms with van der Waals surface area (Å²) in [7, 11) is 0. The van der Waals surface area contributed by atoms with Crippen LogP contribution in [0.1, 0.15) is 32.8 Å². The molecule has 0 spiro atoms. The predicted molar refractivity (Wildman–Crippen MR) is 82.6 cm³/mol. The molecule has 104 valence electrons. The Morgan fingerprint density at radius 2 is 2.26 bits per heavy atom. The van der Waals surface area contributed by atoms with Crippen molar-refractivity contribution in [2.45, 2.75) is 39.8 Å². The van der Waals surface area contributed by atoms with Crippen LogP contribution in [0.3, 0.4) is 0 Å². The average Bonchev–Trinajstić information content (AvgIpc) is 2.36. The second-order valence-electron chi connectivity index (χ2n) is 4.81. The SMILES string of the molecule is C#CCN(CCC)c1ncc(CNC(C)C)cc1Cl. The first-order valence-corrected chi connectivity index (χ1v) is 7.02. The van der Waals surface area contributed by atoms with E-state index in [1.165, 1.54) is 0 Å². The highest BCUT2D eigenvalue weighted by Crippen LogP contribution is 2.24. The Bertz CT molecular complexity index is 438. The Morgan fingerprint density at radius 3 is 2.79 bits per heavy atom. The van der Waals surface area contributed by atoms with Crippen LogP contribution in [0.15, 0.2) is 12.3 Å². The first-order valence-electron chi connectivity index (χ1n) is 6.64. The predicted octanol–water partition coefficient (Wildman–Crippen LogP) is 3.08. The quantitative estimate of drug-likeness (QED) is 0.778. The molecule has 19 heavy (non-hydrogen) atoms. The van der Waals surface area contributed by atoms with Gasteiger partial charge >= 0.3 is 0 Å². The summed E-state index contributed by atoms with van der Waals surface area (Å²) in [5.74, 6) is 3.42. The molecule has 0 atom stereocenters. The summed E-state index contributed by atoms with van der Waals surface area (Å²) in [6.07, 6.45) is 8.25. The number of rotatable bonds is 7. The van der Waals surface area contributed by atoms with E-state index in [1.807, 2.05) is 17.2 Å². The Morgan fingerprint density at radius 1 is 1.53 bits per heavy atom. The largest absolute Gasteiger partial charge is 0.344 e. The van der Waals surface area contributed by atoms with Crippen LogP contribution in [0.5, 0.6) is 0 Å². The lowest BCUT2D eigenvalue weighted by atomic mass is 10.2. The third kappa shape index (κ3) is 5.10. The van der Waals surface area contributed by atoms with Gasteiger partial charge in [-0.3, -0.25) is 0 Å². The standard InChI is InChI=1S/C15H22ClN3/c1-5-7-19(8-6-2)15-14(16)9-13(11-18-15)10-17-12(3)4/h1,9,11-12,17H,6-8,10H2,2-4H3. The number of hydrogen-bond donors (Lipinski definition) is 1. The van der Waals surface area contributed by atoms with Crippen molar-refractivity contribution in [3.63, 3.8) is 0 Å². The third-order valence-electron chi connectivity index (χ3n) is 2.67. The third-order valence-corrected chi connectivity index (χ3v) is 2.95. The van der Waals surface area contributed by atoms with E-state index in [2.05, 4.69) is 37.0 Å². The van der Waals surface area contributed by atoms with Gasteiger partial charge in [0.25, 0.3) is 0 Å². The Hall–Kier alpha value is -1.24. The van der Waals surface area contributed by atoms with Gasteiger partial charge in [0.15, 0.2) is 0 Å². The molecule has 1 aromatic heterocycles. The van der Waals surface area contributed by atoms with E-state index < -0.39 is 0 Å². The molecule has 0 saturated carbocycles. The number of nitrogens with zero attached hydrogens (tertiary/aromatic N) is 2. The molecule has 0 saturated heterocycles. The number of nitrogens with one attached hydrogen (secondary N) is 1. The lowest BCUT2D eigenvalue weighted by molar-refractivity contribution is 0.588. The van der Waals surface area contributed by atoms with E-state index in [-0.39, 0.29) is 0 Å². The Labute approximate surface area is 121 Å². The van der Waals surface area contributed by atoms with Crippen molar-refractivity contribution in [1.82, 2.24) is 10.3 Å². The van der Waals surface area contributed by atoms with Crippen molar-refractivity contribution in [3.8, 4) is 12.3 Å². The molecule has 1 rings (SSSR count). The minimum Gasteiger partial charge on any atom is -0.344 e.